The molecule has 17 heavy (non-hydrogen) atoms. The van der Waals surface area contributed by atoms with Crippen LogP contribution in [0, 0.1) is 0 Å². The fourth-order valence-corrected chi connectivity index (χ4v) is 1.34. The van der Waals surface area contributed by atoms with Crippen LogP contribution in [-0.4, -0.2) is 16.4 Å². The van der Waals surface area contributed by atoms with Crippen molar-refractivity contribution in [1.82, 2.24) is 10.3 Å². The van der Waals surface area contributed by atoms with Gasteiger partial charge < -0.3 is 11.1 Å². The number of hydrogen-bond donors (Lipinski definition) is 2. The number of pyridine rings is 1. The fraction of sp³-hybridized carbons (Fsp3) is 0.500. The van der Waals surface area contributed by atoms with E-state index in [-0.39, 0.29) is 23.9 Å². The Balaban J connectivity index is 0.00000256. The van der Waals surface area contributed by atoms with Crippen LogP contribution in [0.4, 0.5) is 5.82 Å². The summed E-state index contributed by atoms with van der Waals surface area (Å²) >= 11 is 0. The average Bonchev–Trinajstić information content (AvgIpc) is 2.29. The van der Waals surface area contributed by atoms with Gasteiger partial charge in [0.05, 0.1) is 0 Å². The predicted molar refractivity (Wildman–Crippen MR) is 72.4 cm³/mol. The molecular formula is C12H20ClN3O. The van der Waals surface area contributed by atoms with Gasteiger partial charge >= 0.3 is 0 Å². The number of amides is 1. The summed E-state index contributed by atoms with van der Waals surface area (Å²) in [5.74, 6) is 0.195. The first kappa shape index (κ1) is 15.7. The molecule has 0 atom stereocenters. The van der Waals surface area contributed by atoms with Crippen LogP contribution >= 0.6 is 12.4 Å². The number of nitrogens with two attached hydrogens (primary N) is 1. The van der Waals surface area contributed by atoms with Crippen molar-refractivity contribution in [2.75, 3.05) is 5.73 Å². The first-order valence-electron chi connectivity index (χ1n) is 5.56. The van der Waals surface area contributed by atoms with E-state index in [9.17, 15) is 4.79 Å². The number of carbonyl (C=O) groups excluding carboxylic acids is 1. The van der Waals surface area contributed by atoms with Gasteiger partial charge in [-0.05, 0) is 31.9 Å². The Labute approximate surface area is 108 Å². The van der Waals surface area contributed by atoms with E-state index in [4.69, 9.17) is 5.73 Å². The van der Waals surface area contributed by atoms with Gasteiger partial charge in [0, 0.05) is 5.54 Å². The largest absolute Gasteiger partial charge is 0.384 e. The van der Waals surface area contributed by atoms with Crippen LogP contribution in [0.15, 0.2) is 18.2 Å². The lowest BCUT2D eigenvalue weighted by Gasteiger charge is -2.27. The quantitative estimate of drug-likeness (QED) is 0.870. The number of rotatable bonds is 4. The predicted octanol–water partition coefficient (Wildman–Crippen LogP) is 2.39. The number of carbonyl (C=O) groups is 1. The molecule has 1 amide bonds. The van der Waals surface area contributed by atoms with E-state index in [1.165, 1.54) is 0 Å². The molecule has 0 aromatic carbocycles. The second kappa shape index (κ2) is 6.45. The van der Waals surface area contributed by atoms with Gasteiger partial charge in [0.2, 0.25) is 0 Å². The van der Waals surface area contributed by atoms with Gasteiger partial charge in [-0.2, -0.15) is 0 Å². The highest BCUT2D eigenvalue weighted by Crippen LogP contribution is 2.14. The summed E-state index contributed by atoms with van der Waals surface area (Å²) in [5.41, 5.74) is 5.73. The number of anilines is 1. The highest BCUT2D eigenvalue weighted by molar-refractivity contribution is 5.93. The minimum absolute atomic E-state index is 0. The van der Waals surface area contributed by atoms with Crippen LogP contribution in [0.3, 0.4) is 0 Å². The van der Waals surface area contributed by atoms with Gasteiger partial charge in [-0.15, -0.1) is 12.4 Å². The second-order valence-electron chi connectivity index (χ2n) is 4.17. The summed E-state index contributed by atoms with van der Waals surface area (Å²) in [6.45, 7) is 6.13. The van der Waals surface area contributed by atoms with Gasteiger partial charge in [-0.1, -0.05) is 19.9 Å². The van der Waals surface area contributed by atoms with Gasteiger partial charge in [-0.3, -0.25) is 4.79 Å². The first-order chi connectivity index (χ1) is 7.50. The van der Waals surface area contributed by atoms with Crippen molar-refractivity contribution in [2.24, 2.45) is 0 Å². The van der Waals surface area contributed by atoms with E-state index >= 15 is 0 Å². The number of halogens is 1. The molecule has 0 saturated carbocycles. The van der Waals surface area contributed by atoms with Gasteiger partial charge in [0.15, 0.2) is 0 Å². The Bertz CT molecular complexity index is 378. The van der Waals surface area contributed by atoms with Crippen LogP contribution in [0.1, 0.15) is 44.1 Å². The smallest absolute Gasteiger partial charge is 0.270 e. The molecule has 0 saturated heterocycles. The molecule has 1 rings (SSSR count). The zero-order valence-electron chi connectivity index (χ0n) is 10.5. The molecule has 1 aromatic heterocycles. The lowest BCUT2D eigenvalue weighted by Crippen LogP contribution is -2.45. The van der Waals surface area contributed by atoms with Crippen LogP contribution in [0.25, 0.3) is 0 Å². The summed E-state index contributed by atoms with van der Waals surface area (Å²) in [6, 6.07) is 5.06. The molecule has 0 aliphatic rings. The van der Waals surface area contributed by atoms with Gasteiger partial charge in [-0.25, -0.2) is 4.98 Å². The zero-order valence-corrected chi connectivity index (χ0v) is 11.3. The lowest BCUT2D eigenvalue weighted by atomic mass is 9.95. The minimum Gasteiger partial charge on any atom is -0.384 e. The van der Waals surface area contributed by atoms with Crippen molar-refractivity contribution in [2.45, 2.75) is 39.2 Å². The third-order valence-corrected chi connectivity index (χ3v) is 2.98. The number of hydrogen-bond acceptors (Lipinski definition) is 3. The summed E-state index contributed by atoms with van der Waals surface area (Å²) in [5, 5.41) is 2.98. The van der Waals surface area contributed by atoms with E-state index in [0.717, 1.165) is 12.8 Å². The van der Waals surface area contributed by atoms with Crippen molar-refractivity contribution in [3.63, 3.8) is 0 Å². The normalized spacial score (nSPS) is 10.5. The molecule has 3 N–H and O–H groups in total. The van der Waals surface area contributed by atoms with E-state index in [1.54, 1.807) is 18.2 Å². The van der Waals surface area contributed by atoms with Crippen LogP contribution in [0.2, 0.25) is 0 Å². The second-order valence-corrected chi connectivity index (χ2v) is 4.17. The lowest BCUT2D eigenvalue weighted by molar-refractivity contribution is 0.0896. The van der Waals surface area contributed by atoms with E-state index in [1.807, 2.05) is 6.92 Å². The molecule has 1 heterocycles. The third-order valence-electron chi connectivity index (χ3n) is 2.98. The van der Waals surface area contributed by atoms with Gasteiger partial charge in [0.25, 0.3) is 5.91 Å². The number of nitrogens with one attached hydrogen (secondary N) is 1. The van der Waals surface area contributed by atoms with E-state index in [2.05, 4.69) is 24.1 Å². The maximum Gasteiger partial charge on any atom is 0.270 e. The number of nitrogens with zero attached hydrogens (tertiary/aromatic N) is 1. The van der Waals surface area contributed by atoms with Crippen LogP contribution in [0.5, 0.6) is 0 Å². The van der Waals surface area contributed by atoms with Gasteiger partial charge in [0.1, 0.15) is 11.5 Å². The van der Waals surface area contributed by atoms with E-state index in [0.29, 0.717) is 11.5 Å². The fourth-order valence-electron chi connectivity index (χ4n) is 1.34. The Morgan fingerprint density at radius 2 is 2.00 bits per heavy atom. The Morgan fingerprint density at radius 3 is 2.47 bits per heavy atom. The number of nitrogen functional groups attached to an aromatic ring is 1. The molecular weight excluding hydrogens is 238 g/mol. The Morgan fingerprint density at radius 1 is 1.41 bits per heavy atom. The summed E-state index contributed by atoms with van der Waals surface area (Å²) in [7, 11) is 0. The standard InChI is InChI=1S/C12H19N3O.ClH/c1-4-12(3,5-2)15-11(16)9-7-6-8-10(13)14-9;/h6-8H,4-5H2,1-3H3,(H2,13,14)(H,15,16);1H. The summed E-state index contributed by atoms with van der Waals surface area (Å²) < 4.78 is 0. The number of aromatic nitrogens is 1. The zero-order chi connectivity index (χ0) is 12.2. The molecule has 4 nitrogen and oxygen atoms in total. The molecule has 5 heteroatoms. The maximum absolute atomic E-state index is 11.9. The molecule has 0 bridgehead atoms. The molecule has 0 radical (unpaired) electrons. The summed E-state index contributed by atoms with van der Waals surface area (Å²) in [6.07, 6.45) is 1.77. The topological polar surface area (TPSA) is 68.0 Å². The monoisotopic (exact) mass is 257 g/mol. The molecule has 1 aromatic rings. The molecule has 0 aliphatic heterocycles. The van der Waals surface area contributed by atoms with E-state index < -0.39 is 0 Å². The van der Waals surface area contributed by atoms with Crippen molar-refractivity contribution < 1.29 is 4.79 Å². The van der Waals surface area contributed by atoms with Crippen molar-refractivity contribution in [1.29, 1.82) is 0 Å². The highest BCUT2D eigenvalue weighted by atomic mass is 35.5. The van der Waals surface area contributed by atoms with Crippen molar-refractivity contribution in [3.8, 4) is 0 Å². The third kappa shape index (κ3) is 4.23. The first-order valence-corrected chi connectivity index (χ1v) is 5.56. The molecule has 0 aliphatic carbocycles. The highest BCUT2D eigenvalue weighted by Gasteiger charge is 2.22. The Kier molecular flexibility index (Phi) is 5.96. The minimum atomic E-state index is -0.177. The molecule has 0 unspecified atom stereocenters. The van der Waals surface area contributed by atoms with Crippen LogP contribution in [-0.2, 0) is 0 Å². The maximum atomic E-state index is 11.9. The summed E-state index contributed by atoms with van der Waals surface area (Å²) in [4.78, 5) is 15.9. The van der Waals surface area contributed by atoms with Crippen molar-refractivity contribution >= 4 is 24.1 Å². The van der Waals surface area contributed by atoms with Crippen LogP contribution < -0.4 is 11.1 Å². The molecule has 0 spiro atoms. The molecule has 96 valence electrons. The van der Waals surface area contributed by atoms with Crippen molar-refractivity contribution in [3.05, 3.63) is 23.9 Å². The Hall–Kier alpha value is -1.29. The SMILES string of the molecule is CCC(C)(CC)NC(=O)c1cccc(N)n1.Cl. The molecule has 0 fully saturated rings. The average molecular weight is 258 g/mol.